The third-order valence-electron chi connectivity index (χ3n) is 3.04. The number of nitrogens with zero attached hydrogens (tertiary/aromatic N) is 1. The summed E-state index contributed by atoms with van der Waals surface area (Å²) < 4.78 is 0. The van der Waals surface area contributed by atoms with E-state index in [9.17, 15) is 0 Å². The van der Waals surface area contributed by atoms with Gasteiger partial charge >= 0.3 is 0 Å². The number of nitrogens with one attached hydrogen (secondary N) is 2. The highest BCUT2D eigenvalue weighted by molar-refractivity contribution is 7.82. The molecule has 1 heterocycles. The molecular weight excluding hydrogens is 296 g/mol. The van der Waals surface area contributed by atoms with Gasteiger partial charge in [0.2, 0.25) is 0 Å². The molecule has 2 rings (SSSR count). The zero-order valence-electron chi connectivity index (χ0n) is 10.6. The molecule has 4 nitrogen and oxygen atoms in total. The Morgan fingerprint density at radius 1 is 1.32 bits per heavy atom. The number of hydrazine groups is 1. The van der Waals surface area contributed by atoms with Gasteiger partial charge in [-0.15, -0.1) is 0 Å². The second-order valence-electron chi connectivity index (χ2n) is 4.54. The first-order valence-electron chi connectivity index (χ1n) is 5.64. The molecule has 0 saturated carbocycles. The zero-order chi connectivity index (χ0) is 14.2. The summed E-state index contributed by atoms with van der Waals surface area (Å²) in [5, 5.41) is 5.33. The van der Waals surface area contributed by atoms with Crippen molar-refractivity contribution in [2.45, 2.75) is 19.4 Å². The molecule has 1 aliphatic heterocycles. The van der Waals surface area contributed by atoms with Gasteiger partial charge in [0.1, 0.15) is 10.5 Å². The third kappa shape index (κ3) is 2.54. The number of thiocarbonyl (C=S) groups is 3. The molecule has 1 atom stereocenters. The Morgan fingerprint density at radius 3 is 2.42 bits per heavy atom. The van der Waals surface area contributed by atoms with Gasteiger partial charge in [0.25, 0.3) is 0 Å². The van der Waals surface area contributed by atoms with Crippen molar-refractivity contribution in [1.29, 1.82) is 0 Å². The Balaban J connectivity index is 2.35. The van der Waals surface area contributed by atoms with Crippen molar-refractivity contribution in [2.24, 2.45) is 5.73 Å². The number of aryl methyl sites for hydroxylation is 1. The molecule has 0 bridgehead atoms. The lowest BCUT2D eigenvalue weighted by molar-refractivity contribution is 0.567. The van der Waals surface area contributed by atoms with E-state index in [-0.39, 0.29) is 5.11 Å². The van der Waals surface area contributed by atoms with Gasteiger partial charge in [0, 0.05) is 0 Å². The van der Waals surface area contributed by atoms with Crippen LogP contribution in [0.25, 0.3) is 0 Å². The first-order chi connectivity index (χ1) is 8.84. The lowest BCUT2D eigenvalue weighted by Crippen LogP contribution is -2.48. The van der Waals surface area contributed by atoms with Gasteiger partial charge in [-0.3, -0.25) is 5.43 Å². The quantitative estimate of drug-likeness (QED) is 0.715. The smallest absolute Gasteiger partial charge is 0.194 e. The van der Waals surface area contributed by atoms with Crippen molar-refractivity contribution < 1.29 is 0 Å². The van der Waals surface area contributed by atoms with Crippen LogP contribution in [0.1, 0.15) is 18.1 Å². The van der Waals surface area contributed by atoms with Crippen LogP contribution in [0.3, 0.4) is 0 Å². The maximum absolute atomic E-state index is 5.48. The highest BCUT2D eigenvalue weighted by Crippen LogP contribution is 2.29. The number of benzene rings is 1. The maximum atomic E-state index is 5.48. The Hall–Kier alpha value is -1.31. The first kappa shape index (κ1) is 14.1. The average Bonchev–Trinajstić information content (AvgIpc) is 2.54. The molecule has 7 heteroatoms. The van der Waals surface area contributed by atoms with E-state index in [1.165, 1.54) is 10.6 Å². The number of hydrogen-bond donors (Lipinski definition) is 3. The normalized spacial score (nSPS) is 22.3. The molecule has 1 fully saturated rings. The van der Waals surface area contributed by atoms with Crippen molar-refractivity contribution in [1.82, 2.24) is 15.8 Å². The van der Waals surface area contributed by atoms with Crippen LogP contribution in [-0.4, -0.2) is 20.2 Å². The number of hydrogen-bond acceptors (Lipinski definition) is 3. The standard InChI is InChI=1S/C12H14N4S3/c1-7-3-5-8(6-4-7)12(2)9(17)16(11(19)14-12)15-10(13)18/h3-6H,1-2H3,(H,14,19)(H3,13,15,18)/t12-/m0/s1. The molecule has 0 spiro atoms. The molecule has 0 aromatic heterocycles. The summed E-state index contributed by atoms with van der Waals surface area (Å²) in [6, 6.07) is 8.14. The van der Waals surface area contributed by atoms with Gasteiger partial charge in [-0.25, -0.2) is 5.01 Å². The van der Waals surface area contributed by atoms with Crippen LogP contribution in [0.15, 0.2) is 24.3 Å². The van der Waals surface area contributed by atoms with E-state index >= 15 is 0 Å². The van der Waals surface area contributed by atoms with Crippen molar-refractivity contribution in [3.63, 3.8) is 0 Å². The number of rotatable bonds is 2. The Kier molecular flexibility index (Phi) is 3.71. The fourth-order valence-electron chi connectivity index (χ4n) is 1.93. The van der Waals surface area contributed by atoms with E-state index in [2.05, 4.69) is 10.7 Å². The van der Waals surface area contributed by atoms with E-state index in [0.29, 0.717) is 10.1 Å². The summed E-state index contributed by atoms with van der Waals surface area (Å²) in [4.78, 5) is 0.592. The summed E-state index contributed by atoms with van der Waals surface area (Å²) in [6.45, 7) is 4.02. The first-order valence-corrected chi connectivity index (χ1v) is 6.87. The van der Waals surface area contributed by atoms with Crippen LogP contribution in [0.5, 0.6) is 0 Å². The fraction of sp³-hybridized carbons (Fsp3) is 0.250. The van der Waals surface area contributed by atoms with Gasteiger partial charge in [-0.05, 0) is 43.8 Å². The molecule has 19 heavy (non-hydrogen) atoms. The van der Waals surface area contributed by atoms with Gasteiger partial charge in [-0.2, -0.15) is 0 Å². The van der Waals surface area contributed by atoms with E-state index in [4.69, 9.17) is 42.4 Å². The van der Waals surface area contributed by atoms with Crippen molar-refractivity contribution in [3.8, 4) is 0 Å². The van der Waals surface area contributed by atoms with Crippen molar-refractivity contribution >= 4 is 51.9 Å². The number of nitrogens with two attached hydrogens (primary N) is 1. The van der Waals surface area contributed by atoms with Gasteiger partial charge in [0.05, 0.1) is 0 Å². The second-order valence-corrected chi connectivity index (χ2v) is 5.75. The molecule has 1 aromatic carbocycles. The van der Waals surface area contributed by atoms with Crippen LogP contribution in [-0.2, 0) is 5.54 Å². The maximum Gasteiger partial charge on any atom is 0.194 e. The average molecular weight is 310 g/mol. The fourth-order valence-corrected chi connectivity index (χ4v) is 2.73. The predicted octanol–water partition coefficient (Wildman–Crippen LogP) is 1.48. The van der Waals surface area contributed by atoms with E-state index < -0.39 is 5.54 Å². The van der Waals surface area contributed by atoms with Crippen LogP contribution in [0, 0.1) is 6.92 Å². The molecule has 100 valence electrons. The summed E-state index contributed by atoms with van der Waals surface area (Å²) in [5.41, 5.74) is 9.94. The van der Waals surface area contributed by atoms with Gasteiger partial charge in [0.15, 0.2) is 10.2 Å². The van der Waals surface area contributed by atoms with Gasteiger partial charge in [-0.1, -0.05) is 42.0 Å². The SMILES string of the molecule is Cc1ccc([C@]2(C)NC(=S)N(NC(N)=S)C2=S)cc1. The van der Waals surface area contributed by atoms with Crippen LogP contribution < -0.4 is 16.5 Å². The molecule has 1 saturated heterocycles. The molecule has 0 aliphatic carbocycles. The van der Waals surface area contributed by atoms with Crippen LogP contribution >= 0.6 is 36.7 Å². The molecule has 0 amide bonds. The van der Waals surface area contributed by atoms with E-state index in [0.717, 1.165) is 5.56 Å². The molecular formula is C12H14N4S3. The molecule has 0 unspecified atom stereocenters. The predicted molar refractivity (Wildman–Crippen MR) is 88.6 cm³/mol. The summed E-state index contributed by atoms with van der Waals surface area (Å²) >= 11 is 15.6. The minimum absolute atomic E-state index is 0.125. The van der Waals surface area contributed by atoms with Crippen LogP contribution in [0.4, 0.5) is 0 Å². The van der Waals surface area contributed by atoms with Crippen molar-refractivity contribution in [2.75, 3.05) is 0 Å². The van der Waals surface area contributed by atoms with E-state index in [1.54, 1.807) is 0 Å². The molecule has 1 aromatic rings. The molecule has 4 N–H and O–H groups in total. The minimum Gasteiger partial charge on any atom is -0.375 e. The summed E-state index contributed by atoms with van der Waals surface area (Å²) in [7, 11) is 0. The highest BCUT2D eigenvalue weighted by Gasteiger charge is 2.44. The van der Waals surface area contributed by atoms with Crippen LogP contribution in [0.2, 0.25) is 0 Å². The second kappa shape index (κ2) is 4.99. The van der Waals surface area contributed by atoms with E-state index in [1.807, 2.05) is 38.1 Å². The third-order valence-corrected chi connectivity index (χ3v) is 4.01. The zero-order valence-corrected chi connectivity index (χ0v) is 13.0. The van der Waals surface area contributed by atoms with Crippen molar-refractivity contribution in [3.05, 3.63) is 35.4 Å². The monoisotopic (exact) mass is 310 g/mol. The topological polar surface area (TPSA) is 53.3 Å². The molecule has 1 aliphatic rings. The Morgan fingerprint density at radius 2 is 1.89 bits per heavy atom. The Labute approximate surface area is 128 Å². The summed E-state index contributed by atoms with van der Waals surface area (Å²) in [6.07, 6.45) is 0. The highest BCUT2D eigenvalue weighted by atomic mass is 32.1. The summed E-state index contributed by atoms with van der Waals surface area (Å²) in [5.74, 6) is 0. The Bertz CT molecular complexity index is 555. The lowest BCUT2D eigenvalue weighted by Gasteiger charge is -2.25. The van der Waals surface area contributed by atoms with Gasteiger partial charge < -0.3 is 11.1 Å². The molecule has 0 radical (unpaired) electrons. The minimum atomic E-state index is -0.544. The largest absolute Gasteiger partial charge is 0.375 e. The lowest BCUT2D eigenvalue weighted by atomic mass is 9.92.